The molecule has 1 unspecified atom stereocenters. The number of aliphatic hydroxyl groups is 1. The Labute approximate surface area is 161 Å². The molecule has 0 aliphatic rings. The number of carbonyl (C=O) groups excluding carboxylic acids is 4. The van der Waals surface area contributed by atoms with Gasteiger partial charge in [0, 0.05) is 11.1 Å². The lowest BCUT2D eigenvalue weighted by molar-refractivity contribution is -0.169. The minimum absolute atomic E-state index is 0.355. The summed E-state index contributed by atoms with van der Waals surface area (Å²) in [6.07, 6.45) is -0.715. The quantitative estimate of drug-likeness (QED) is 0.520. The van der Waals surface area contributed by atoms with E-state index in [1.54, 1.807) is 60.7 Å². The van der Waals surface area contributed by atoms with Crippen LogP contribution in [0.5, 0.6) is 0 Å². The van der Waals surface area contributed by atoms with Crippen molar-refractivity contribution in [3.63, 3.8) is 0 Å². The largest absolute Gasteiger partial charge is 0.457 e. The van der Waals surface area contributed by atoms with Crippen LogP contribution in [-0.2, 0) is 19.1 Å². The molecular weight excluding hydrogens is 364 g/mol. The van der Waals surface area contributed by atoms with E-state index in [1.807, 2.05) is 0 Å². The van der Waals surface area contributed by atoms with Gasteiger partial charge in [0.25, 0.3) is 0 Å². The first-order valence-corrected chi connectivity index (χ1v) is 8.51. The third-order valence-electron chi connectivity index (χ3n) is 3.82. The van der Waals surface area contributed by atoms with Gasteiger partial charge in [0.15, 0.2) is 30.4 Å². The lowest BCUT2D eigenvalue weighted by Crippen LogP contribution is -2.40. The van der Waals surface area contributed by atoms with Gasteiger partial charge in [-0.05, 0) is 6.92 Å². The molecule has 0 spiro atoms. The van der Waals surface area contributed by atoms with Crippen molar-refractivity contribution >= 4 is 23.5 Å². The summed E-state index contributed by atoms with van der Waals surface area (Å²) in [5, 5.41) is 10.1. The molecule has 7 heteroatoms. The van der Waals surface area contributed by atoms with Crippen LogP contribution in [0.25, 0.3) is 0 Å². The lowest BCUT2D eigenvalue weighted by Gasteiger charge is -2.20. The predicted molar refractivity (Wildman–Crippen MR) is 98.7 cm³/mol. The molecule has 146 valence electrons. The first-order valence-electron chi connectivity index (χ1n) is 8.51. The average molecular weight is 384 g/mol. The van der Waals surface area contributed by atoms with Crippen LogP contribution in [0.4, 0.5) is 0 Å². The zero-order valence-corrected chi connectivity index (χ0v) is 15.3. The Kier molecular flexibility index (Phi) is 7.17. The van der Waals surface area contributed by atoms with Gasteiger partial charge in [-0.15, -0.1) is 0 Å². The minimum Gasteiger partial charge on any atom is -0.457 e. The van der Waals surface area contributed by atoms with Crippen molar-refractivity contribution in [2.45, 2.75) is 18.9 Å². The van der Waals surface area contributed by atoms with E-state index < -0.39 is 48.7 Å². The van der Waals surface area contributed by atoms with Crippen LogP contribution in [0.1, 0.15) is 34.1 Å². The third-order valence-corrected chi connectivity index (χ3v) is 3.82. The monoisotopic (exact) mass is 384 g/mol. The average Bonchev–Trinajstić information content (AvgIpc) is 2.70. The highest BCUT2D eigenvalue weighted by molar-refractivity contribution is 5.99. The van der Waals surface area contributed by atoms with Crippen molar-refractivity contribution in [3.8, 4) is 0 Å². The Morgan fingerprint density at radius 1 is 0.786 bits per heavy atom. The van der Waals surface area contributed by atoms with Crippen LogP contribution in [-0.4, -0.2) is 47.4 Å². The van der Waals surface area contributed by atoms with E-state index in [0.29, 0.717) is 11.1 Å². The van der Waals surface area contributed by atoms with Gasteiger partial charge < -0.3 is 14.6 Å². The van der Waals surface area contributed by atoms with Crippen molar-refractivity contribution in [1.29, 1.82) is 0 Å². The summed E-state index contributed by atoms with van der Waals surface area (Å²) >= 11 is 0. The summed E-state index contributed by atoms with van der Waals surface area (Å²) in [4.78, 5) is 47.7. The molecule has 0 aliphatic heterocycles. The van der Waals surface area contributed by atoms with Crippen molar-refractivity contribution < 1.29 is 33.8 Å². The summed E-state index contributed by atoms with van der Waals surface area (Å²) < 4.78 is 9.62. The Morgan fingerprint density at radius 2 is 1.21 bits per heavy atom. The van der Waals surface area contributed by atoms with Gasteiger partial charge in [0.05, 0.1) is 6.42 Å². The van der Waals surface area contributed by atoms with E-state index in [0.717, 1.165) is 6.92 Å². The molecule has 0 amide bonds. The number of carbonyl (C=O) groups is 4. The zero-order chi connectivity index (χ0) is 20.6. The van der Waals surface area contributed by atoms with E-state index >= 15 is 0 Å². The van der Waals surface area contributed by atoms with Crippen molar-refractivity contribution in [3.05, 3.63) is 71.8 Å². The predicted octanol–water partition coefficient (Wildman–Crippen LogP) is 1.98. The Hall–Kier alpha value is -3.32. The molecule has 2 rings (SSSR count). The van der Waals surface area contributed by atoms with Gasteiger partial charge in [-0.3, -0.25) is 14.4 Å². The molecule has 0 radical (unpaired) electrons. The van der Waals surface area contributed by atoms with Crippen LogP contribution >= 0.6 is 0 Å². The maximum Gasteiger partial charge on any atom is 0.338 e. The number of hydrogen-bond acceptors (Lipinski definition) is 7. The molecule has 2 aromatic rings. The number of benzene rings is 2. The van der Waals surface area contributed by atoms with Gasteiger partial charge in [0.1, 0.15) is 0 Å². The molecule has 1 N–H and O–H groups in total. The molecular formula is C21H20O7. The fourth-order valence-corrected chi connectivity index (χ4v) is 2.25. The van der Waals surface area contributed by atoms with Crippen LogP contribution in [0, 0.1) is 0 Å². The molecule has 1 atom stereocenters. The molecule has 0 fully saturated rings. The van der Waals surface area contributed by atoms with Crippen molar-refractivity contribution in [2.24, 2.45) is 0 Å². The molecule has 0 heterocycles. The maximum atomic E-state index is 12.0. The molecule has 7 nitrogen and oxygen atoms in total. The fourth-order valence-electron chi connectivity index (χ4n) is 2.25. The van der Waals surface area contributed by atoms with E-state index in [4.69, 9.17) is 9.47 Å². The van der Waals surface area contributed by atoms with Gasteiger partial charge in [-0.1, -0.05) is 60.7 Å². The number of rotatable bonds is 9. The molecule has 0 aliphatic carbocycles. The van der Waals surface area contributed by atoms with E-state index in [9.17, 15) is 24.3 Å². The molecule has 2 aromatic carbocycles. The highest BCUT2D eigenvalue weighted by Gasteiger charge is 2.36. The summed E-state index contributed by atoms with van der Waals surface area (Å²) in [6.45, 7) is -0.0103. The van der Waals surface area contributed by atoms with Crippen LogP contribution in [0.15, 0.2) is 60.7 Å². The van der Waals surface area contributed by atoms with Gasteiger partial charge in [0.2, 0.25) is 0 Å². The molecule has 0 bridgehead atoms. The first kappa shape index (κ1) is 21.0. The van der Waals surface area contributed by atoms with Crippen molar-refractivity contribution in [2.75, 3.05) is 13.2 Å². The Morgan fingerprint density at radius 3 is 1.68 bits per heavy atom. The highest BCUT2D eigenvalue weighted by Crippen LogP contribution is 2.14. The molecule has 28 heavy (non-hydrogen) atoms. The Balaban J connectivity index is 1.80. The summed E-state index contributed by atoms with van der Waals surface area (Å²) in [5.41, 5.74) is -1.46. The highest BCUT2D eigenvalue weighted by atomic mass is 16.6. The SMILES string of the molecule is CC(O)(CC(=O)OCC(=O)c1ccccc1)C(=O)OCC(=O)c1ccccc1. The number of Topliss-reactive ketones (excluding diaryl/α,β-unsaturated/α-hetero) is 2. The topological polar surface area (TPSA) is 107 Å². The second-order valence-electron chi connectivity index (χ2n) is 6.27. The normalized spacial score (nSPS) is 12.5. The van der Waals surface area contributed by atoms with E-state index in [-0.39, 0.29) is 0 Å². The minimum atomic E-state index is -2.19. The molecule has 0 saturated carbocycles. The number of ketones is 2. The fraction of sp³-hybridized carbons (Fsp3) is 0.238. The number of esters is 2. The molecule has 0 saturated heterocycles. The summed E-state index contributed by atoms with van der Waals surface area (Å²) in [7, 11) is 0. The summed E-state index contributed by atoms with van der Waals surface area (Å²) in [6, 6.07) is 16.4. The first-order chi connectivity index (χ1) is 13.3. The second kappa shape index (κ2) is 9.57. The van der Waals surface area contributed by atoms with Crippen LogP contribution < -0.4 is 0 Å². The lowest BCUT2D eigenvalue weighted by atomic mass is 10.0. The van der Waals surface area contributed by atoms with E-state index in [1.165, 1.54) is 0 Å². The molecule has 0 aromatic heterocycles. The third kappa shape index (κ3) is 6.14. The zero-order valence-electron chi connectivity index (χ0n) is 15.3. The second-order valence-corrected chi connectivity index (χ2v) is 6.27. The van der Waals surface area contributed by atoms with Gasteiger partial charge in [-0.25, -0.2) is 4.79 Å². The van der Waals surface area contributed by atoms with E-state index in [2.05, 4.69) is 0 Å². The number of ether oxygens (including phenoxy) is 2. The summed E-state index contributed by atoms with van der Waals surface area (Å²) in [5.74, 6) is -2.94. The van der Waals surface area contributed by atoms with Crippen molar-refractivity contribution in [1.82, 2.24) is 0 Å². The maximum absolute atomic E-state index is 12.0. The van der Waals surface area contributed by atoms with Crippen LogP contribution in [0.3, 0.4) is 0 Å². The number of hydrogen-bond donors (Lipinski definition) is 1. The standard InChI is InChI=1S/C21H20O7/c1-21(26,20(25)28-14-18(23)16-10-6-3-7-11-16)12-19(24)27-13-17(22)15-8-4-2-5-9-15/h2-11,26H,12-14H2,1H3. The van der Waals surface area contributed by atoms with Gasteiger partial charge >= 0.3 is 11.9 Å². The van der Waals surface area contributed by atoms with Crippen LogP contribution in [0.2, 0.25) is 0 Å². The van der Waals surface area contributed by atoms with Gasteiger partial charge in [-0.2, -0.15) is 0 Å². The smallest absolute Gasteiger partial charge is 0.338 e. The Bertz CT molecular complexity index is 842.